The Morgan fingerprint density at radius 1 is 1.15 bits per heavy atom. The summed E-state index contributed by atoms with van der Waals surface area (Å²) in [6.45, 7) is 4.02. The fourth-order valence-electron chi connectivity index (χ4n) is 1.88. The van der Waals surface area contributed by atoms with Gasteiger partial charge in [0.2, 0.25) is 0 Å². The Kier molecular flexibility index (Phi) is 5.26. The van der Waals surface area contributed by atoms with Crippen LogP contribution in [0.3, 0.4) is 0 Å². The quantitative estimate of drug-likeness (QED) is 0.605. The lowest BCUT2D eigenvalue weighted by atomic mass is 10.1. The van der Waals surface area contributed by atoms with Gasteiger partial charge in [0.25, 0.3) is 0 Å². The van der Waals surface area contributed by atoms with Crippen molar-refractivity contribution in [3.63, 3.8) is 0 Å². The van der Waals surface area contributed by atoms with Gasteiger partial charge >= 0.3 is 0 Å². The second kappa shape index (κ2) is 6.95. The standard InChI is InChI=1S/C16H17NOS2/c1-11-8-12(2)17-16(9-11)20-10-15(18)13-4-6-14(19-3)7-5-13/h4-9H,10H2,1-3H3. The molecule has 0 unspecified atom stereocenters. The predicted molar refractivity (Wildman–Crippen MR) is 87.0 cm³/mol. The van der Waals surface area contributed by atoms with Gasteiger partial charge in [0.15, 0.2) is 5.78 Å². The number of carbonyl (C=O) groups excluding carboxylic acids is 1. The molecule has 104 valence electrons. The smallest absolute Gasteiger partial charge is 0.173 e. The lowest BCUT2D eigenvalue weighted by Gasteiger charge is -2.04. The lowest BCUT2D eigenvalue weighted by Crippen LogP contribution is -2.02. The van der Waals surface area contributed by atoms with Crippen LogP contribution in [0.25, 0.3) is 0 Å². The number of aryl methyl sites for hydroxylation is 2. The summed E-state index contributed by atoms with van der Waals surface area (Å²) in [6.07, 6.45) is 2.03. The zero-order valence-corrected chi connectivity index (χ0v) is 13.5. The van der Waals surface area contributed by atoms with Crippen LogP contribution < -0.4 is 0 Å². The van der Waals surface area contributed by atoms with Gasteiger partial charge in [-0.25, -0.2) is 4.98 Å². The Labute approximate surface area is 128 Å². The molecule has 0 atom stereocenters. The summed E-state index contributed by atoms with van der Waals surface area (Å²) in [5.74, 6) is 0.567. The molecule has 20 heavy (non-hydrogen) atoms. The topological polar surface area (TPSA) is 30.0 Å². The third kappa shape index (κ3) is 4.12. The molecule has 0 spiro atoms. The molecule has 0 aliphatic carbocycles. The second-order valence-electron chi connectivity index (χ2n) is 4.56. The molecule has 2 nitrogen and oxygen atoms in total. The molecule has 0 fully saturated rings. The highest BCUT2D eigenvalue weighted by molar-refractivity contribution is 8.00. The third-order valence-electron chi connectivity index (χ3n) is 2.84. The molecule has 0 aliphatic rings. The van der Waals surface area contributed by atoms with Gasteiger partial charge in [-0.15, -0.1) is 11.8 Å². The first-order valence-electron chi connectivity index (χ1n) is 6.34. The summed E-state index contributed by atoms with van der Waals surface area (Å²) in [4.78, 5) is 17.7. The normalized spacial score (nSPS) is 10.6. The van der Waals surface area contributed by atoms with Crippen LogP contribution in [0.4, 0.5) is 0 Å². The van der Waals surface area contributed by atoms with Crippen LogP contribution in [0.5, 0.6) is 0 Å². The molecular formula is C16H17NOS2. The van der Waals surface area contributed by atoms with Gasteiger partial charge in [-0.3, -0.25) is 4.79 Å². The minimum absolute atomic E-state index is 0.142. The third-order valence-corrected chi connectivity index (χ3v) is 4.49. The SMILES string of the molecule is CSc1ccc(C(=O)CSc2cc(C)cc(C)n2)cc1. The molecule has 2 aromatic rings. The fourth-order valence-corrected chi connectivity index (χ4v) is 3.21. The average molecular weight is 303 g/mol. The van der Waals surface area contributed by atoms with Gasteiger partial charge in [0.05, 0.1) is 10.8 Å². The largest absolute Gasteiger partial charge is 0.293 e. The van der Waals surface area contributed by atoms with E-state index in [4.69, 9.17) is 0 Å². The molecule has 0 saturated carbocycles. The van der Waals surface area contributed by atoms with Crippen LogP contribution >= 0.6 is 23.5 Å². The number of Topliss-reactive ketones (excluding diaryl/α,β-unsaturated/α-hetero) is 1. The van der Waals surface area contributed by atoms with Crippen molar-refractivity contribution in [3.05, 3.63) is 53.2 Å². The Hall–Kier alpha value is -1.26. The molecule has 0 bridgehead atoms. The highest BCUT2D eigenvalue weighted by atomic mass is 32.2. The van der Waals surface area contributed by atoms with Crippen molar-refractivity contribution in [1.82, 2.24) is 4.98 Å². The van der Waals surface area contributed by atoms with E-state index in [1.807, 2.05) is 56.5 Å². The van der Waals surface area contributed by atoms with Crippen LogP contribution in [0.2, 0.25) is 0 Å². The van der Waals surface area contributed by atoms with E-state index >= 15 is 0 Å². The molecule has 0 saturated heterocycles. The van der Waals surface area contributed by atoms with Crippen LogP contribution in [0.1, 0.15) is 21.6 Å². The maximum absolute atomic E-state index is 12.1. The molecule has 2 rings (SSSR count). The number of hydrogen-bond donors (Lipinski definition) is 0. The van der Waals surface area contributed by atoms with Crippen molar-refractivity contribution in [2.45, 2.75) is 23.8 Å². The van der Waals surface area contributed by atoms with Gasteiger partial charge in [-0.2, -0.15) is 0 Å². The van der Waals surface area contributed by atoms with Gasteiger partial charge in [0, 0.05) is 16.2 Å². The Balaban J connectivity index is 2.00. The van der Waals surface area contributed by atoms with Gasteiger partial charge in [-0.1, -0.05) is 23.9 Å². The number of aromatic nitrogens is 1. The van der Waals surface area contributed by atoms with Crippen molar-refractivity contribution in [2.24, 2.45) is 0 Å². The van der Waals surface area contributed by atoms with Crippen LogP contribution in [-0.2, 0) is 0 Å². The van der Waals surface area contributed by atoms with Crippen molar-refractivity contribution in [1.29, 1.82) is 0 Å². The predicted octanol–water partition coefficient (Wildman–Crippen LogP) is 4.40. The Morgan fingerprint density at radius 2 is 1.85 bits per heavy atom. The summed E-state index contributed by atoms with van der Waals surface area (Å²) in [6, 6.07) is 11.8. The summed E-state index contributed by atoms with van der Waals surface area (Å²) in [5, 5.41) is 0.914. The number of thioether (sulfide) groups is 2. The number of ketones is 1. The van der Waals surface area contributed by atoms with E-state index in [0.29, 0.717) is 5.75 Å². The van der Waals surface area contributed by atoms with E-state index in [1.54, 1.807) is 11.8 Å². The van der Waals surface area contributed by atoms with Crippen LogP contribution in [0, 0.1) is 13.8 Å². The van der Waals surface area contributed by atoms with Crippen molar-refractivity contribution < 1.29 is 4.79 Å². The molecule has 1 heterocycles. The number of rotatable bonds is 5. The summed E-state index contributed by atoms with van der Waals surface area (Å²) >= 11 is 3.17. The Morgan fingerprint density at radius 3 is 2.45 bits per heavy atom. The fraction of sp³-hybridized carbons (Fsp3) is 0.250. The molecule has 0 radical (unpaired) electrons. The molecule has 0 amide bonds. The van der Waals surface area contributed by atoms with Gasteiger partial charge in [-0.05, 0) is 49.9 Å². The maximum Gasteiger partial charge on any atom is 0.173 e. The number of nitrogens with zero attached hydrogens (tertiary/aromatic N) is 1. The first kappa shape index (κ1) is 15.1. The van der Waals surface area contributed by atoms with Gasteiger partial charge < -0.3 is 0 Å². The number of pyridine rings is 1. The molecule has 0 aliphatic heterocycles. The molecule has 1 aromatic carbocycles. The van der Waals surface area contributed by atoms with E-state index < -0.39 is 0 Å². The Bertz CT molecular complexity index is 588. The second-order valence-corrected chi connectivity index (χ2v) is 6.44. The first-order chi connectivity index (χ1) is 9.58. The maximum atomic E-state index is 12.1. The minimum atomic E-state index is 0.142. The van der Waals surface area contributed by atoms with Crippen LogP contribution in [0.15, 0.2) is 46.3 Å². The zero-order chi connectivity index (χ0) is 14.5. The zero-order valence-electron chi connectivity index (χ0n) is 11.8. The first-order valence-corrected chi connectivity index (χ1v) is 8.55. The monoisotopic (exact) mass is 303 g/mol. The number of hydrogen-bond acceptors (Lipinski definition) is 4. The van der Waals surface area contributed by atoms with E-state index in [9.17, 15) is 4.79 Å². The molecule has 4 heteroatoms. The van der Waals surface area contributed by atoms with E-state index in [2.05, 4.69) is 4.98 Å². The van der Waals surface area contributed by atoms with Gasteiger partial charge in [0.1, 0.15) is 0 Å². The number of benzene rings is 1. The van der Waals surface area contributed by atoms with E-state index in [0.717, 1.165) is 16.3 Å². The van der Waals surface area contributed by atoms with Crippen molar-refractivity contribution in [2.75, 3.05) is 12.0 Å². The summed E-state index contributed by atoms with van der Waals surface area (Å²) < 4.78 is 0. The van der Waals surface area contributed by atoms with Crippen molar-refractivity contribution in [3.8, 4) is 0 Å². The summed E-state index contributed by atoms with van der Waals surface area (Å²) in [7, 11) is 0. The lowest BCUT2D eigenvalue weighted by molar-refractivity contribution is 0.102. The van der Waals surface area contributed by atoms with E-state index in [1.165, 1.54) is 22.2 Å². The number of carbonyl (C=O) groups is 1. The van der Waals surface area contributed by atoms with Crippen LogP contribution in [-0.4, -0.2) is 22.8 Å². The molecule has 0 N–H and O–H groups in total. The van der Waals surface area contributed by atoms with Crippen molar-refractivity contribution >= 4 is 29.3 Å². The average Bonchev–Trinajstić information content (AvgIpc) is 2.44. The molecule has 1 aromatic heterocycles. The summed E-state index contributed by atoms with van der Waals surface area (Å²) in [5.41, 5.74) is 2.93. The highest BCUT2D eigenvalue weighted by Gasteiger charge is 2.08. The van der Waals surface area contributed by atoms with E-state index in [-0.39, 0.29) is 5.78 Å². The molecular weight excluding hydrogens is 286 g/mol. The highest BCUT2D eigenvalue weighted by Crippen LogP contribution is 2.20. The minimum Gasteiger partial charge on any atom is -0.293 e.